The molecule has 184 valence electrons. The molecule has 0 bridgehead atoms. The van der Waals surface area contributed by atoms with Crippen molar-refractivity contribution in [3.05, 3.63) is 112 Å². The Labute approximate surface area is 220 Å². The summed E-state index contributed by atoms with van der Waals surface area (Å²) in [7, 11) is -4.00. The van der Waals surface area contributed by atoms with Crippen molar-refractivity contribution in [2.75, 3.05) is 0 Å². The Kier molecular flexibility index (Phi) is 7.64. The molecule has 0 spiro atoms. The maximum atomic E-state index is 12.5. The fourth-order valence-corrected chi connectivity index (χ4v) is 5.13. The Bertz CT molecular complexity index is 1550. The van der Waals surface area contributed by atoms with E-state index in [-0.39, 0.29) is 10.0 Å². The number of aryl methyl sites for hydroxylation is 2. The molecule has 0 saturated carbocycles. The predicted octanol–water partition coefficient (Wildman–Crippen LogP) is 6.04. The van der Waals surface area contributed by atoms with Gasteiger partial charge in [0.15, 0.2) is 5.15 Å². The van der Waals surface area contributed by atoms with Crippen molar-refractivity contribution in [3.8, 4) is 11.1 Å². The number of hydrogen-bond donors (Lipinski definition) is 1. The zero-order valence-electron chi connectivity index (χ0n) is 19.6. The Morgan fingerprint density at radius 3 is 2.33 bits per heavy atom. The lowest BCUT2D eigenvalue weighted by atomic mass is 10.0. The van der Waals surface area contributed by atoms with Crippen LogP contribution < -0.4 is 4.72 Å². The smallest absolute Gasteiger partial charge is 0.264 e. The molecule has 0 radical (unpaired) electrons. The van der Waals surface area contributed by atoms with Gasteiger partial charge in [0, 0.05) is 11.1 Å². The van der Waals surface area contributed by atoms with Crippen molar-refractivity contribution >= 4 is 45.2 Å². The molecule has 1 heterocycles. The molecule has 4 rings (SSSR count). The van der Waals surface area contributed by atoms with Gasteiger partial charge in [-0.2, -0.15) is 0 Å². The molecule has 0 aliphatic carbocycles. The van der Waals surface area contributed by atoms with E-state index in [1.165, 1.54) is 18.2 Å². The van der Waals surface area contributed by atoms with Gasteiger partial charge in [0.05, 0.1) is 17.1 Å². The van der Waals surface area contributed by atoms with E-state index in [4.69, 9.17) is 23.2 Å². The second kappa shape index (κ2) is 10.7. The Hall–Kier alpha value is -3.39. The average molecular weight is 540 g/mol. The van der Waals surface area contributed by atoms with E-state index in [0.717, 1.165) is 28.3 Å². The summed E-state index contributed by atoms with van der Waals surface area (Å²) in [5.41, 5.74) is 4.27. The highest BCUT2D eigenvalue weighted by molar-refractivity contribution is 7.90. The minimum Gasteiger partial charge on any atom is -0.323 e. The quantitative estimate of drug-likeness (QED) is 0.290. The standard InChI is InChI=1S/C27H23Cl2N3O3S/c1-18-8-12-23(13-9-18)36(34,35)31-26(33)15-14-25-27(29)30-19(2)32(25)17-22-11-10-21(16-24(22)28)20-6-4-3-5-7-20/h3-16H,17H2,1-2H3,(H,31,33). The molecule has 0 aliphatic heterocycles. The second-order valence-electron chi connectivity index (χ2n) is 8.21. The first-order valence-corrected chi connectivity index (χ1v) is 13.3. The number of rotatable bonds is 7. The summed E-state index contributed by atoms with van der Waals surface area (Å²) in [6, 6.07) is 21.9. The fourth-order valence-electron chi connectivity index (χ4n) is 3.66. The largest absolute Gasteiger partial charge is 0.323 e. The van der Waals surface area contributed by atoms with Crippen LogP contribution in [0.25, 0.3) is 17.2 Å². The summed E-state index contributed by atoms with van der Waals surface area (Å²) < 4.78 is 28.8. The fraction of sp³-hybridized carbons (Fsp3) is 0.111. The van der Waals surface area contributed by atoms with Gasteiger partial charge in [0.1, 0.15) is 5.82 Å². The van der Waals surface area contributed by atoms with Gasteiger partial charge in [-0.05, 0) is 54.8 Å². The Balaban J connectivity index is 1.54. The van der Waals surface area contributed by atoms with Crippen LogP contribution in [-0.2, 0) is 21.4 Å². The third-order valence-corrected chi connectivity index (χ3v) is 7.59. The van der Waals surface area contributed by atoms with Crippen molar-refractivity contribution in [3.63, 3.8) is 0 Å². The van der Waals surface area contributed by atoms with Crippen molar-refractivity contribution in [1.29, 1.82) is 0 Å². The highest BCUT2D eigenvalue weighted by Gasteiger charge is 2.17. The first-order chi connectivity index (χ1) is 17.1. The molecular weight excluding hydrogens is 517 g/mol. The zero-order valence-corrected chi connectivity index (χ0v) is 21.9. The number of aromatic nitrogens is 2. The van der Waals surface area contributed by atoms with Crippen LogP contribution in [0.3, 0.4) is 0 Å². The molecule has 3 aromatic carbocycles. The normalized spacial score (nSPS) is 11.7. The number of carbonyl (C=O) groups excluding carboxylic acids is 1. The van der Waals surface area contributed by atoms with Crippen LogP contribution in [0.2, 0.25) is 10.2 Å². The molecule has 0 saturated heterocycles. The highest BCUT2D eigenvalue weighted by atomic mass is 35.5. The van der Waals surface area contributed by atoms with E-state index in [1.54, 1.807) is 19.1 Å². The van der Waals surface area contributed by atoms with Gasteiger partial charge in [0.25, 0.3) is 15.9 Å². The van der Waals surface area contributed by atoms with Crippen LogP contribution in [0.4, 0.5) is 0 Å². The molecule has 0 atom stereocenters. The lowest BCUT2D eigenvalue weighted by molar-refractivity contribution is -0.114. The third-order valence-electron chi connectivity index (χ3n) is 5.60. The molecule has 4 aromatic rings. The van der Waals surface area contributed by atoms with Crippen molar-refractivity contribution in [2.45, 2.75) is 25.3 Å². The summed E-state index contributed by atoms with van der Waals surface area (Å²) in [5, 5.41) is 0.771. The van der Waals surface area contributed by atoms with Crippen LogP contribution in [-0.4, -0.2) is 23.9 Å². The van der Waals surface area contributed by atoms with E-state index in [2.05, 4.69) is 4.98 Å². The number of nitrogens with zero attached hydrogens (tertiary/aromatic N) is 2. The van der Waals surface area contributed by atoms with Crippen LogP contribution in [0.5, 0.6) is 0 Å². The lowest BCUT2D eigenvalue weighted by Gasteiger charge is -2.12. The van der Waals surface area contributed by atoms with Gasteiger partial charge in [-0.15, -0.1) is 0 Å². The monoisotopic (exact) mass is 539 g/mol. The van der Waals surface area contributed by atoms with Crippen molar-refractivity contribution in [2.24, 2.45) is 0 Å². The first-order valence-electron chi connectivity index (χ1n) is 11.0. The molecular formula is C27H23Cl2N3O3S. The van der Waals surface area contributed by atoms with E-state index < -0.39 is 15.9 Å². The van der Waals surface area contributed by atoms with E-state index in [9.17, 15) is 13.2 Å². The van der Waals surface area contributed by atoms with E-state index in [1.807, 2.05) is 64.7 Å². The number of nitrogens with one attached hydrogen (secondary N) is 1. The molecule has 6 nitrogen and oxygen atoms in total. The SMILES string of the molecule is Cc1ccc(S(=O)(=O)NC(=O)C=Cc2c(Cl)nc(C)n2Cc2ccc(-c3ccccc3)cc2Cl)cc1. The van der Waals surface area contributed by atoms with Gasteiger partial charge >= 0.3 is 0 Å². The number of amides is 1. The van der Waals surface area contributed by atoms with E-state index >= 15 is 0 Å². The highest BCUT2D eigenvalue weighted by Crippen LogP contribution is 2.28. The van der Waals surface area contributed by atoms with Gasteiger partial charge in [-0.3, -0.25) is 4.79 Å². The summed E-state index contributed by atoms with van der Waals surface area (Å²) in [6.07, 6.45) is 2.55. The van der Waals surface area contributed by atoms with Crippen molar-refractivity contribution < 1.29 is 13.2 Å². The summed E-state index contributed by atoms with van der Waals surface area (Å²) in [6.45, 7) is 4.00. The minimum absolute atomic E-state index is 0.00219. The number of halogens is 2. The molecule has 0 unspecified atom stereocenters. The van der Waals surface area contributed by atoms with Gasteiger partial charge in [-0.1, -0.05) is 83.4 Å². The van der Waals surface area contributed by atoms with Crippen LogP contribution in [0.15, 0.2) is 83.8 Å². The number of carbonyl (C=O) groups is 1. The van der Waals surface area contributed by atoms with Gasteiger partial charge in [0.2, 0.25) is 0 Å². The molecule has 0 fully saturated rings. The third kappa shape index (κ3) is 5.87. The molecule has 9 heteroatoms. The number of sulfonamides is 1. The molecule has 1 aromatic heterocycles. The maximum absolute atomic E-state index is 12.5. The number of imidazole rings is 1. The summed E-state index contributed by atoms with van der Waals surface area (Å²) >= 11 is 12.9. The van der Waals surface area contributed by atoms with Crippen LogP contribution >= 0.6 is 23.2 Å². The first kappa shape index (κ1) is 25.7. The minimum atomic E-state index is -4.00. The Morgan fingerprint density at radius 1 is 0.972 bits per heavy atom. The number of benzene rings is 3. The molecule has 0 aliphatic rings. The van der Waals surface area contributed by atoms with Gasteiger partial charge < -0.3 is 4.57 Å². The molecule has 36 heavy (non-hydrogen) atoms. The van der Waals surface area contributed by atoms with Crippen LogP contribution in [0, 0.1) is 13.8 Å². The lowest BCUT2D eigenvalue weighted by Crippen LogP contribution is -2.29. The maximum Gasteiger partial charge on any atom is 0.264 e. The Morgan fingerprint density at radius 2 is 1.67 bits per heavy atom. The van der Waals surface area contributed by atoms with Crippen molar-refractivity contribution in [1.82, 2.24) is 14.3 Å². The second-order valence-corrected chi connectivity index (χ2v) is 10.7. The number of hydrogen-bond acceptors (Lipinski definition) is 4. The van der Waals surface area contributed by atoms with Gasteiger partial charge in [-0.25, -0.2) is 18.1 Å². The summed E-state index contributed by atoms with van der Waals surface area (Å²) in [5.74, 6) is -0.183. The molecule has 1 N–H and O–H groups in total. The predicted molar refractivity (Wildman–Crippen MR) is 144 cm³/mol. The topological polar surface area (TPSA) is 81.1 Å². The summed E-state index contributed by atoms with van der Waals surface area (Å²) in [4.78, 5) is 16.7. The zero-order chi connectivity index (χ0) is 25.9. The van der Waals surface area contributed by atoms with E-state index in [0.29, 0.717) is 23.1 Å². The average Bonchev–Trinajstić information content (AvgIpc) is 3.11. The van der Waals surface area contributed by atoms with Crippen LogP contribution in [0.1, 0.15) is 22.6 Å². The molecule has 1 amide bonds.